The van der Waals surface area contributed by atoms with Crippen molar-refractivity contribution in [1.29, 1.82) is 0 Å². The lowest BCUT2D eigenvalue weighted by atomic mass is 10.3. The first kappa shape index (κ1) is 13.0. The smallest absolute Gasteiger partial charge is 0.165 e. The van der Waals surface area contributed by atoms with E-state index in [-0.39, 0.29) is 0 Å². The Hall–Kier alpha value is -1.43. The van der Waals surface area contributed by atoms with Crippen LogP contribution in [0.3, 0.4) is 0 Å². The molecule has 0 aliphatic rings. The zero-order valence-corrected chi connectivity index (χ0v) is 12.1. The van der Waals surface area contributed by atoms with Gasteiger partial charge in [-0.1, -0.05) is 27.6 Å². The maximum absolute atomic E-state index is 4.37. The van der Waals surface area contributed by atoms with Crippen LogP contribution in [-0.4, -0.2) is 31.4 Å². The quantitative estimate of drug-likeness (QED) is 0.681. The number of nitrogens with zero attached hydrogens (tertiary/aromatic N) is 4. The maximum Gasteiger partial charge on any atom is 0.165 e. The number of rotatable bonds is 5. The van der Waals surface area contributed by atoms with Crippen LogP contribution in [0.15, 0.2) is 24.3 Å². The Morgan fingerprint density at radius 3 is 2.94 bits per heavy atom. The first-order chi connectivity index (χ1) is 8.72. The van der Waals surface area contributed by atoms with E-state index in [1.165, 1.54) is 5.57 Å². The van der Waals surface area contributed by atoms with E-state index >= 15 is 0 Å². The molecule has 0 amide bonds. The fourth-order valence-electron chi connectivity index (χ4n) is 1.62. The Morgan fingerprint density at radius 1 is 1.39 bits per heavy atom. The molecule has 0 spiro atoms. The Labute approximate surface area is 114 Å². The highest BCUT2D eigenvalue weighted by molar-refractivity contribution is 9.09. The standard InChI is InChI=1S/C12H16BrN5/c1-9(2)3-5-14-11-10-12(16-7-15-11)18(6-4-13)8-17-10/h3,7-8H,4-6H2,1-2H3,(H,14,15,16). The second-order valence-electron chi connectivity index (χ2n) is 4.18. The van der Waals surface area contributed by atoms with Crippen LogP contribution in [0.2, 0.25) is 0 Å². The van der Waals surface area contributed by atoms with Crippen molar-refractivity contribution in [3.63, 3.8) is 0 Å². The van der Waals surface area contributed by atoms with Gasteiger partial charge in [-0.15, -0.1) is 0 Å². The lowest BCUT2D eigenvalue weighted by Crippen LogP contribution is -2.03. The number of allylic oxidation sites excluding steroid dienone is 1. The van der Waals surface area contributed by atoms with Gasteiger partial charge in [0.1, 0.15) is 11.8 Å². The first-order valence-electron chi connectivity index (χ1n) is 5.81. The van der Waals surface area contributed by atoms with Crippen LogP contribution in [0.25, 0.3) is 11.2 Å². The van der Waals surface area contributed by atoms with Crippen LogP contribution in [0, 0.1) is 0 Å². The molecule has 0 saturated carbocycles. The minimum Gasteiger partial charge on any atom is -0.365 e. The SMILES string of the molecule is CC(C)=CCNc1ncnc2c1ncn2CCBr. The molecule has 5 nitrogen and oxygen atoms in total. The molecule has 0 unspecified atom stereocenters. The molecule has 96 valence electrons. The van der Waals surface area contributed by atoms with Crippen LogP contribution in [0.1, 0.15) is 13.8 Å². The van der Waals surface area contributed by atoms with Gasteiger partial charge in [0.25, 0.3) is 0 Å². The van der Waals surface area contributed by atoms with Crippen molar-refractivity contribution in [2.75, 3.05) is 17.2 Å². The Balaban J connectivity index is 2.26. The Morgan fingerprint density at radius 2 is 2.22 bits per heavy atom. The monoisotopic (exact) mass is 309 g/mol. The highest BCUT2D eigenvalue weighted by Gasteiger charge is 2.08. The number of anilines is 1. The van der Waals surface area contributed by atoms with E-state index < -0.39 is 0 Å². The van der Waals surface area contributed by atoms with Gasteiger partial charge in [0, 0.05) is 18.4 Å². The lowest BCUT2D eigenvalue weighted by molar-refractivity contribution is 0.790. The molecule has 0 aliphatic heterocycles. The van der Waals surface area contributed by atoms with E-state index in [1.807, 2.05) is 4.57 Å². The van der Waals surface area contributed by atoms with Crippen molar-refractivity contribution in [2.24, 2.45) is 0 Å². The molecule has 6 heteroatoms. The molecule has 0 aromatic carbocycles. The van der Waals surface area contributed by atoms with Gasteiger partial charge in [0.15, 0.2) is 11.5 Å². The van der Waals surface area contributed by atoms with Crippen molar-refractivity contribution >= 4 is 32.9 Å². The summed E-state index contributed by atoms with van der Waals surface area (Å²) in [5.41, 5.74) is 2.96. The molecule has 0 bridgehead atoms. The predicted octanol–water partition coefficient (Wildman–Crippen LogP) is 2.60. The lowest BCUT2D eigenvalue weighted by Gasteiger charge is -2.04. The van der Waals surface area contributed by atoms with Gasteiger partial charge in [-0.25, -0.2) is 15.0 Å². The van der Waals surface area contributed by atoms with E-state index in [4.69, 9.17) is 0 Å². The molecular weight excluding hydrogens is 294 g/mol. The number of hydrogen-bond acceptors (Lipinski definition) is 4. The van der Waals surface area contributed by atoms with Crippen molar-refractivity contribution in [2.45, 2.75) is 20.4 Å². The molecule has 2 rings (SSSR count). The fourth-order valence-corrected chi connectivity index (χ4v) is 2.00. The van der Waals surface area contributed by atoms with Crippen LogP contribution in [-0.2, 0) is 6.54 Å². The molecule has 2 heterocycles. The summed E-state index contributed by atoms with van der Waals surface area (Å²) in [7, 11) is 0. The minimum atomic E-state index is 0.750. The Kier molecular flexibility index (Phi) is 4.30. The summed E-state index contributed by atoms with van der Waals surface area (Å²) in [5.74, 6) is 0.783. The highest BCUT2D eigenvalue weighted by atomic mass is 79.9. The maximum atomic E-state index is 4.37. The van der Waals surface area contributed by atoms with E-state index in [1.54, 1.807) is 12.7 Å². The van der Waals surface area contributed by atoms with Crippen LogP contribution in [0.4, 0.5) is 5.82 Å². The minimum absolute atomic E-state index is 0.750. The zero-order chi connectivity index (χ0) is 13.0. The van der Waals surface area contributed by atoms with Gasteiger partial charge >= 0.3 is 0 Å². The van der Waals surface area contributed by atoms with E-state index in [0.29, 0.717) is 0 Å². The molecule has 18 heavy (non-hydrogen) atoms. The van der Waals surface area contributed by atoms with Gasteiger partial charge in [-0.05, 0) is 13.8 Å². The average Bonchev–Trinajstić information content (AvgIpc) is 2.74. The number of alkyl halides is 1. The van der Waals surface area contributed by atoms with Crippen molar-refractivity contribution in [3.8, 4) is 0 Å². The number of hydrogen-bond donors (Lipinski definition) is 1. The number of aromatic nitrogens is 4. The van der Waals surface area contributed by atoms with Crippen LogP contribution < -0.4 is 5.32 Å². The second kappa shape index (κ2) is 5.95. The van der Waals surface area contributed by atoms with Crippen LogP contribution >= 0.6 is 15.9 Å². The third-order valence-electron chi connectivity index (χ3n) is 2.51. The van der Waals surface area contributed by atoms with Crippen molar-refractivity contribution in [1.82, 2.24) is 19.5 Å². The average molecular weight is 310 g/mol. The molecular formula is C12H16BrN5. The number of halogens is 1. The van der Waals surface area contributed by atoms with E-state index in [2.05, 4.69) is 56.1 Å². The zero-order valence-electron chi connectivity index (χ0n) is 10.5. The summed E-state index contributed by atoms with van der Waals surface area (Å²) in [5, 5.41) is 4.14. The second-order valence-corrected chi connectivity index (χ2v) is 4.98. The molecule has 0 radical (unpaired) electrons. The van der Waals surface area contributed by atoms with E-state index in [0.717, 1.165) is 35.4 Å². The van der Waals surface area contributed by atoms with Gasteiger partial charge in [0.2, 0.25) is 0 Å². The number of imidazole rings is 1. The molecule has 2 aromatic heterocycles. The van der Waals surface area contributed by atoms with Crippen molar-refractivity contribution < 1.29 is 0 Å². The normalized spacial score (nSPS) is 10.6. The summed E-state index contributed by atoms with van der Waals surface area (Å²) >= 11 is 3.42. The van der Waals surface area contributed by atoms with Crippen LogP contribution in [0.5, 0.6) is 0 Å². The summed E-state index contributed by atoms with van der Waals surface area (Å²) in [6.45, 7) is 5.74. The molecule has 0 atom stereocenters. The summed E-state index contributed by atoms with van der Waals surface area (Å²) in [6, 6.07) is 0. The van der Waals surface area contributed by atoms with Gasteiger partial charge in [-0.3, -0.25) is 0 Å². The predicted molar refractivity (Wildman–Crippen MR) is 77.0 cm³/mol. The Bertz CT molecular complexity index is 557. The topological polar surface area (TPSA) is 55.6 Å². The summed E-state index contributed by atoms with van der Waals surface area (Å²) < 4.78 is 2.01. The van der Waals surface area contributed by atoms with Gasteiger partial charge < -0.3 is 9.88 Å². The third-order valence-corrected chi connectivity index (χ3v) is 2.86. The molecule has 0 saturated heterocycles. The first-order valence-corrected chi connectivity index (χ1v) is 6.93. The number of fused-ring (bicyclic) bond motifs is 1. The van der Waals surface area contributed by atoms with E-state index in [9.17, 15) is 0 Å². The molecule has 2 aromatic rings. The summed E-state index contributed by atoms with van der Waals surface area (Å²) in [4.78, 5) is 12.9. The van der Waals surface area contributed by atoms with Crippen molar-refractivity contribution in [3.05, 3.63) is 24.3 Å². The van der Waals surface area contributed by atoms with Gasteiger partial charge in [-0.2, -0.15) is 0 Å². The largest absolute Gasteiger partial charge is 0.365 e. The number of aryl methyl sites for hydroxylation is 1. The molecule has 0 aliphatic carbocycles. The highest BCUT2D eigenvalue weighted by Crippen LogP contribution is 2.17. The number of nitrogens with one attached hydrogen (secondary N) is 1. The molecule has 0 fully saturated rings. The van der Waals surface area contributed by atoms with Gasteiger partial charge in [0.05, 0.1) is 6.33 Å². The third kappa shape index (κ3) is 2.87. The molecule has 1 N–H and O–H groups in total. The summed E-state index contributed by atoms with van der Waals surface area (Å²) in [6.07, 6.45) is 5.48. The fraction of sp³-hybridized carbons (Fsp3) is 0.417.